The summed E-state index contributed by atoms with van der Waals surface area (Å²) in [5.74, 6) is 0.333. The number of aromatic nitrogens is 1. The van der Waals surface area contributed by atoms with Gasteiger partial charge in [-0.1, -0.05) is 11.6 Å². The standard InChI is InChI=1S/C8H4ClN3O/c9-5-1-4-2-7(13)12-8(4)11-6(5)3-10/h1H,2H2,(H,11,12,13). The lowest BCUT2D eigenvalue weighted by Crippen LogP contribution is -2.04. The van der Waals surface area contributed by atoms with Gasteiger partial charge < -0.3 is 5.32 Å². The maximum absolute atomic E-state index is 10.9. The zero-order valence-electron chi connectivity index (χ0n) is 6.47. The molecule has 0 aromatic carbocycles. The lowest BCUT2D eigenvalue weighted by atomic mass is 10.2. The lowest BCUT2D eigenvalue weighted by molar-refractivity contribution is -0.115. The van der Waals surface area contributed by atoms with Crippen molar-refractivity contribution in [3.63, 3.8) is 0 Å². The highest BCUT2D eigenvalue weighted by Crippen LogP contribution is 2.25. The molecule has 0 spiro atoms. The maximum Gasteiger partial charge on any atom is 0.230 e. The number of halogens is 1. The number of hydrogen-bond acceptors (Lipinski definition) is 3. The Hall–Kier alpha value is -1.60. The minimum atomic E-state index is -0.117. The molecule has 0 aliphatic carbocycles. The number of carbonyl (C=O) groups excluding carboxylic acids is 1. The summed E-state index contributed by atoms with van der Waals surface area (Å²) in [6.45, 7) is 0. The maximum atomic E-state index is 10.9. The van der Waals surface area contributed by atoms with Crippen molar-refractivity contribution in [2.75, 3.05) is 5.32 Å². The number of anilines is 1. The summed E-state index contributed by atoms with van der Waals surface area (Å²) in [6, 6.07) is 3.44. The molecule has 0 saturated heterocycles. The molecule has 1 N–H and O–H groups in total. The lowest BCUT2D eigenvalue weighted by Gasteiger charge is -1.98. The van der Waals surface area contributed by atoms with Crippen LogP contribution in [0.1, 0.15) is 11.3 Å². The highest BCUT2D eigenvalue weighted by Gasteiger charge is 2.20. The molecule has 64 valence electrons. The second kappa shape index (κ2) is 2.71. The molecular formula is C8H4ClN3O. The molecule has 1 aromatic heterocycles. The number of rotatable bonds is 0. The summed E-state index contributed by atoms with van der Waals surface area (Å²) in [6.07, 6.45) is 0.285. The third kappa shape index (κ3) is 1.23. The molecule has 0 fully saturated rings. The molecule has 0 bridgehead atoms. The molecule has 13 heavy (non-hydrogen) atoms. The molecule has 0 saturated carbocycles. The average Bonchev–Trinajstić information content (AvgIpc) is 2.42. The van der Waals surface area contributed by atoms with Crippen LogP contribution in [0.3, 0.4) is 0 Å². The van der Waals surface area contributed by atoms with Crippen molar-refractivity contribution in [1.82, 2.24) is 4.98 Å². The van der Waals surface area contributed by atoms with E-state index in [9.17, 15) is 4.79 Å². The first-order valence-corrected chi connectivity index (χ1v) is 3.98. The minimum absolute atomic E-state index is 0.117. The highest BCUT2D eigenvalue weighted by atomic mass is 35.5. The van der Waals surface area contributed by atoms with Gasteiger partial charge >= 0.3 is 0 Å². The summed E-state index contributed by atoms with van der Waals surface area (Å²) in [4.78, 5) is 14.8. The van der Waals surface area contributed by atoms with Gasteiger partial charge in [-0.15, -0.1) is 0 Å². The van der Waals surface area contributed by atoms with Crippen LogP contribution in [-0.4, -0.2) is 10.9 Å². The van der Waals surface area contributed by atoms with Crippen LogP contribution >= 0.6 is 11.6 Å². The second-order valence-corrected chi connectivity index (χ2v) is 3.07. The Bertz CT molecular complexity index is 436. The Morgan fingerprint density at radius 3 is 3.15 bits per heavy atom. The Kier molecular flexibility index (Phi) is 1.67. The first kappa shape index (κ1) is 8.02. The predicted octanol–water partition coefficient (Wildman–Crippen LogP) is 1.10. The van der Waals surface area contributed by atoms with E-state index < -0.39 is 0 Å². The minimum Gasteiger partial charge on any atom is -0.310 e. The van der Waals surface area contributed by atoms with E-state index in [1.54, 1.807) is 6.07 Å². The summed E-state index contributed by atoms with van der Waals surface area (Å²) in [5.41, 5.74) is 0.886. The fourth-order valence-electron chi connectivity index (χ4n) is 1.20. The average molecular weight is 194 g/mol. The predicted molar refractivity (Wildman–Crippen MR) is 46.3 cm³/mol. The second-order valence-electron chi connectivity index (χ2n) is 2.66. The van der Waals surface area contributed by atoms with E-state index in [1.807, 2.05) is 6.07 Å². The van der Waals surface area contributed by atoms with Gasteiger partial charge in [-0.3, -0.25) is 4.79 Å². The van der Waals surface area contributed by atoms with Gasteiger partial charge in [0.25, 0.3) is 0 Å². The molecule has 1 amide bonds. The number of hydrogen-bond donors (Lipinski definition) is 1. The first-order valence-electron chi connectivity index (χ1n) is 3.60. The van der Waals surface area contributed by atoms with E-state index in [0.29, 0.717) is 5.82 Å². The number of nitrogens with zero attached hydrogens (tertiary/aromatic N) is 2. The van der Waals surface area contributed by atoms with Gasteiger partial charge in [0.05, 0.1) is 11.4 Å². The number of amides is 1. The van der Waals surface area contributed by atoms with Crippen LogP contribution in [0.2, 0.25) is 5.02 Å². The van der Waals surface area contributed by atoms with Gasteiger partial charge in [-0.05, 0) is 6.07 Å². The van der Waals surface area contributed by atoms with E-state index in [-0.39, 0.29) is 23.0 Å². The van der Waals surface area contributed by atoms with Crippen molar-refractivity contribution in [3.05, 3.63) is 22.3 Å². The van der Waals surface area contributed by atoms with Gasteiger partial charge in [0.1, 0.15) is 11.9 Å². The third-order valence-corrected chi connectivity index (χ3v) is 2.06. The normalized spacial score (nSPS) is 13.4. The zero-order valence-corrected chi connectivity index (χ0v) is 7.22. The number of carbonyl (C=O) groups is 1. The van der Waals surface area contributed by atoms with E-state index in [1.165, 1.54) is 0 Å². The first-order chi connectivity index (χ1) is 6.20. The molecule has 5 heteroatoms. The number of pyridine rings is 1. The molecular weight excluding hydrogens is 190 g/mol. The number of fused-ring (bicyclic) bond motifs is 1. The van der Waals surface area contributed by atoms with Crippen molar-refractivity contribution in [2.24, 2.45) is 0 Å². The van der Waals surface area contributed by atoms with Crippen molar-refractivity contribution in [1.29, 1.82) is 5.26 Å². The number of nitriles is 1. The van der Waals surface area contributed by atoms with Gasteiger partial charge in [-0.2, -0.15) is 5.26 Å². The summed E-state index contributed by atoms with van der Waals surface area (Å²) in [7, 11) is 0. The smallest absolute Gasteiger partial charge is 0.230 e. The van der Waals surface area contributed by atoms with Crippen LogP contribution in [-0.2, 0) is 11.2 Å². The molecule has 0 unspecified atom stereocenters. The van der Waals surface area contributed by atoms with Crippen LogP contribution in [0.5, 0.6) is 0 Å². The van der Waals surface area contributed by atoms with Crippen LogP contribution in [0.15, 0.2) is 6.07 Å². The largest absolute Gasteiger partial charge is 0.310 e. The van der Waals surface area contributed by atoms with Crippen molar-refractivity contribution < 1.29 is 4.79 Å². The van der Waals surface area contributed by atoms with E-state index in [4.69, 9.17) is 16.9 Å². The molecule has 1 aliphatic heterocycles. The van der Waals surface area contributed by atoms with Crippen molar-refractivity contribution in [3.8, 4) is 6.07 Å². The van der Waals surface area contributed by atoms with E-state index >= 15 is 0 Å². The molecule has 4 nitrogen and oxygen atoms in total. The topological polar surface area (TPSA) is 65.8 Å². The Morgan fingerprint density at radius 1 is 1.69 bits per heavy atom. The molecule has 0 radical (unpaired) electrons. The molecule has 2 heterocycles. The Labute approximate surface area is 79.1 Å². The third-order valence-electron chi connectivity index (χ3n) is 1.77. The fraction of sp³-hybridized carbons (Fsp3) is 0.125. The summed E-state index contributed by atoms with van der Waals surface area (Å²) >= 11 is 5.73. The fourth-order valence-corrected chi connectivity index (χ4v) is 1.41. The summed E-state index contributed by atoms with van der Waals surface area (Å²) < 4.78 is 0. The molecule has 1 aliphatic rings. The van der Waals surface area contributed by atoms with Gasteiger partial charge in [0.15, 0.2) is 5.69 Å². The molecule has 1 aromatic rings. The van der Waals surface area contributed by atoms with Crippen molar-refractivity contribution >= 4 is 23.3 Å². The molecule has 2 rings (SSSR count). The van der Waals surface area contributed by atoms with Crippen LogP contribution in [0.4, 0.5) is 5.82 Å². The SMILES string of the molecule is N#Cc1nc2c(cc1Cl)CC(=O)N2. The van der Waals surface area contributed by atoms with Crippen LogP contribution < -0.4 is 5.32 Å². The highest BCUT2D eigenvalue weighted by molar-refractivity contribution is 6.31. The quantitative estimate of drug-likeness (QED) is 0.671. The zero-order chi connectivity index (χ0) is 9.42. The Balaban J connectivity index is 2.58. The van der Waals surface area contributed by atoms with Gasteiger partial charge in [0, 0.05) is 5.56 Å². The summed E-state index contributed by atoms with van der Waals surface area (Å²) in [5, 5.41) is 11.4. The number of nitrogens with one attached hydrogen (secondary N) is 1. The monoisotopic (exact) mass is 193 g/mol. The van der Waals surface area contributed by atoms with E-state index in [2.05, 4.69) is 10.3 Å². The van der Waals surface area contributed by atoms with Crippen LogP contribution in [0, 0.1) is 11.3 Å². The Morgan fingerprint density at radius 2 is 2.46 bits per heavy atom. The molecule has 0 atom stereocenters. The van der Waals surface area contributed by atoms with Gasteiger partial charge in [-0.25, -0.2) is 4.98 Å². The van der Waals surface area contributed by atoms with E-state index in [0.717, 1.165) is 5.56 Å². The van der Waals surface area contributed by atoms with Crippen molar-refractivity contribution in [2.45, 2.75) is 6.42 Å². The van der Waals surface area contributed by atoms with Gasteiger partial charge in [0.2, 0.25) is 5.91 Å². The van der Waals surface area contributed by atoms with Crippen LogP contribution in [0.25, 0.3) is 0 Å².